The van der Waals surface area contributed by atoms with Crippen molar-refractivity contribution in [2.24, 2.45) is 0 Å². The molecule has 0 bridgehead atoms. The number of hydrogen-bond donors (Lipinski definition) is 0. The Hall–Kier alpha value is -0.791. The second kappa shape index (κ2) is 5.46. The zero-order valence-corrected chi connectivity index (χ0v) is 13.1. The Kier molecular flexibility index (Phi) is 4.14. The Balaban J connectivity index is 2.08. The Bertz CT molecular complexity index is 410. The average Bonchev–Trinajstić information content (AvgIpc) is 2.32. The van der Waals surface area contributed by atoms with Crippen molar-refractivity contribution < 1.29 is 4.79 Å². The molecule has 1 aromatic rings. The first kappa shape index (κ1) is 13.6. The predicted molar refractivity (Wildman–Crippen MR) is 76.3 cm³/mol. The van der Waals surface area contributed by atoms with Gasteiger partial charge in [-0.2, -0.15) is 0 Å². The minimum atomic E-state index is -0.0392. The van der Waals surface area contributed by atoms with E-state index in [0.29, 0.717) is 5.91 Å². The van der Waals surface area contributed by atoms with Crippen molar-refractivity contribution in [3.63, 3.8) is 0 Å². The zero-order valence-electron chi connectivity index (χ0n) is 11.3. The van der Waals surface area contributed by atoms with Gasteiger partial charge in [0.05, 0.1) is 0 Å². The first-order valence-electron chi connectivity index (χ1n) is 6.51. The molecule has 1 unspecified atom stereocenters. The molecule has 0 N–H and O–H groups in total. The van der Waals surface area contributed by atoms with Crippen LogP contribution in [0.2, 0.25) is 4.82 Å². The van der Waals surface area contributed by atoms with Crippen molar-refractivity contribution in [2.45, 2.75) is 44.0 Å². The molecular formula is C15H21NOSe. The molecule has 1 atom stereocenters. The van der Waals surface area contributed by atoms with Gasteiger partial charge < -0.3 is 0 Å². The van der Waals surface area contributed by atoms with Crippen molar-refractivity contribution in [3.05, 3.63) is 30.3 Å². The maximum absolute atomic E-state index is 12.5. The Labute approximate surface area is 116 Å². The monoisotopic (exact) mass is 311 g/mol. The van der Waals surface area contributed by atoms with Gasteiger partial charge in [-0.3, -0.25) is 0 Å². The standard InChI is InChI=1S/C15H21NOSe/c1-15(2,3)16-11-7-10-13(14(16)17)18-12-8-5-4-6-9-12/h4-6,8-9,13H,7,10-11H2,1-3H3. The number of likely N-dealkylation sites (tertiary alicyclic amines) is 1. The van der Waals surface area contributed by atoms with Crippen LogP contribution in [-0.2, 0) is 4.79 Å². The van der Waals surface area contributed by atoms with Gasteiger partial charge in [0.1, 0.15) is 0 Å². The fraction of sp³-hybridized carbons (Fsp3) is 0.533. The quantitative estimate of drug-likeness (QED) is 0.767. The van der Waals surface area contributed by atoms with Crippen LogP contribution in [0.5, 0.6) is 0 Å². The van der Waals surface area contributed by atoms with E-state index in [1.165, 1.54) is 4.46 Å². The molecule has 1 fully saturated rings. The molecule has 1 aliphatic heterocycles. The Morgan fingerprint density at radius 2 is 1.89 bits per heavy atom. The molecule has 98 valence electrons. The molecule has 2 nitrogen and oxygen atoms in total. The van der Waals surface area contributed by atoms with Crippen LogP contribution in [0.15, 0.2) is 30.3 Å². The predicted octanol–water partition coefficient (Wildman–Crippen LogP) is 2.23. The van der Waals surface area contributed by atoms with E-state index in [9.17, 15) is 4.79 Å². The van der Waals surface area contributed by atoms with Gasteiger partial charge in [0, 0.05) is 0 Å². The van der Waals surface area contributed by atoms with Crippen LogP contribution >= 0.6 is 0 Å². The molecule has 0 spiro atoms. The molecule has 0 aliphatic carbocycles. The van der Waals surface area contributed by atoms with E-state index in [2.05, 4.69) is 49.9 Å². The summed E-state index contributed by atoms with van der Waals surface area (Å²) in [5.41, 5.74) is -0.0392. The molecular weight excluding hydrogens is 289 g/mol. The second-order valence-electron chi connectivity index (χ2n) is 5.72. The molecule has 0 saturated carbocycles. The van der Waals surface area contributed by atoms with Gasteiger partial charge in [-0.15, -0.1) is 0 Å². The summed E-state index contributed by atoms with van der Waals surface area (Å²) in [5.74, 6) is 0.359. The van der Waals surface area contributed by atoms with E-state index in [4.69, 9.17) is 0 Å². The Morgan fingerprint density at radius 1 is 1.22 bits per heavy atom. The number of amides is 1. The van der Waals surface area contributed by atoms with Gasteiger partial charge in [0.15, 0.2) is 0 Å². The summed E-state index contributed by atoms with van der Waals surface area (Å²) in [5, 5.41) is 0. The number of rotatable bonds is 2. The molecule has 2 rings (SSSR count). The van der Waals surface area contributed by atoms with E-state index in [1.54, 1.807) is 0 Å². The van der Waals surface area contributed by atoms with Crippen molar-refractivity contribution in [1.82, 2.24) is 4.90 Å². The van der Waals surface area contributed by atoms with Gasteiger partial charge in [-0.1, -0.05) is 0 Å². The van der Waals surface area contributed by atoms with Crippen LogP contribution in [0.3, 0.4) is 0 Å². The number of nitrogens with zero attached hydrogens (tertiary/aromatic N) is 1. The SMILES string of the molecule is CC(C)(C)N1CCCC([Se]c2ccccc2)C1=O. The van der Waals surface area contributed by atoms with Crippen molar-refractivity contribution in [1.29, 1.82) is 0 Å². The van der Waals surface area contributed by atoms with Crippen molar-refractivity contribution in [3.8, 4) is 0 Å². The summed E-state index contributed by atoms with van der Waals surface area (Å²) in [6, 6.07) is 10.4. The molecule has 0 aromatic heterocycles. The molecule has 0 radical (unpaired) electrons. The molecule has 18 heavy (non-hydrogen) atoms. The van der Waals surface area contributed by atoms with E-state index in [0.717, 1.165) is 19.4 Å². The fourth-order valence-electron chi connectivity index (χ4n) is 2.28. The summed E-state index contributed by atoms with van der Waals surface area (Å²) in [6.07, 6.45) is 2.20. The van der Waals surface area contributed by atoms with Crippen LogP contribution in [0.25, 0.3) is 0 Å². The number of benzene rings is 1. The number of hydrogen-bond acceptors (Lipinski definition) is 1. The normalized spacial score (nSPS) is 21.2. The van der Waals surface area contributed by atoms with Gasteiger partial charge in [-0.05, 0) is 0 Å². The Morgan fingerprint density at radius 3 is 2.50 bits per heavy atom. The summed E-state index contributed by atoms with van der Waals surface area (Å²) in [6.45, 7) is 7.30. The van der Waals surface area contributed by atoms with Crippen molar-refractivity contribution >= 4 is 25.3 Å². The molecule has 3 heteroatoms. The zero-order chi connectivity index (χ0) is 13.2. The first-order valence-corrected chi connectivity index (χ1v) is 8.36. The van der Waals surface area contributed by atoms with Crippen LogP contribution in [-0.4, -0.2) is 37.8 Å². The second-order valence-corrected chi connectivity index (χ2v) is 8.40. The third kappa shape index (κ3) is 3.15. The average molecular weight is 310 g/mol. The van der Waals surface area contributed by atoms with Gasteiger partial charge in [-0.25, -0.2) is 0 Å². The van der Waals surface area contributed by atoms with Crippen LogP contribution in [0.1, 0.15) is 33.6 Å². The van der Waals surface area contributed by atoms with E-state index < -0.39 is 0 Å². The van der Waals surface area contributed by atoms with Crippen LogP contribution in [0, 0.1) is 0 Å². The number of carbonyl (C=O) groups excluding carboxylic acids is 1. The number of piperidine rings is 1. The van der Waals surface area contributed by atoms with E-state index >= 15 is 0 Å². The van der Waals surface area contributed by atoms with Gasteiger partial charge >= 0.3 is 116 Å². The third-order valence-corrected chi connectivity index (χ3v) is 5.88. The van der Waals surface area contributed by atoms with Gasteiger partial charge in [0.25, 0.3) is 0 Å². The van der Waals surface area contributed by atoms with Gasteiger partial charge in [0.2, 0.25) is 0 Å². The summed E-state index contributed by atoms with van der Waals surface area (Å²) in [4.78, 5) is 14.8. The fourth-order valence-corrected chi connectivity index (χ4v) is 4.71. The first-order chi connectivity index (χ1) is 8.48. The molecule has 1 aromatic carbocycles. The summed E-state index contributed by atoms with van der Waals surface area (Å²) < 4.78 is 1.33. The summed E-state index contributed by atoms with van der Waals surface area (Å²) >= 11 is 0.266. The number of carbonyl (C=O) groups is 1. The summed E-state index contributed by atoms with van der Waals surface area (Å²) in [7, 11) is 0. The molecule has 1 saturated heterocycles. The van der Waals surface area contributed by atoms with E-state index in [1.807, 2.05) is 6.07 Å². The van der Waals surface area contributed by atoms with Crippen LogP contribution < -0.4 is 4.46 Å². The molecule has 1 aliphatic rings. The van der Waals surface area contributed by atoms with Crippen LogP contribution in [0.4, 0.5) is 0 Å². The van der Waals surface area contributed by atoms with E-state index in [-0.39, 0.29) is 25.3 Å². The third-order valence-electron chi connectivity index (χ3n) is 3.22. The molecule has 1 heterocycles. The maximum atomic E-state index is 12.5. The molecule has 1 amide bonds. The minimum absolute atomic E-state index is 0.0392. The topological polar surface area (TPSA) is 20.3 Å². The van der Waals surface area contributed by atoms with Crippen molar-refractivity contribution in [2.75, 3.05) is 6.54 Å².